The molecule has 1 aromatic heterocycles. The minimum absolute atomic E-state index is 0. The van der Waals surface area contributed by atoms with Gasteiger partial charge < -0.3 is 20.1 Å². The first kappa shape index (κ1) is 20.5. The van der Waals surface area contributed by atoms with E-state index >= 15 is 0 Å². The molecule has 1 aliphatic rings. The number of hydrogen-bond acceptors (Lipinski definition) is 4. The Labute approximate surface area is 172 Å². The number of anilines is 1. The first-order valence-corrected chi connectivity index (χ1v) is 8.79. The first-order valence-electron chi connectivity index (χ1n) is 8.79. The number of nitrogens with one attached hydrogen (secondary N) is 2. The van der Waals surface area contributed by atoms with Crippen molar-refractivity contribution in [3.05, 3.63) is 42.0 Å². The summed E-state index contributed by atoms with van der Waals surface area (Å²) in [4.78, 5) is 6.78. The molecule has 0 amide bonds. The molecule has 3 rings (SSSR count). The van der Waals surface area contributed by atoms with Gasteiger partial charge in [0.1, 0.15) is 5.82 Å². The second kappa shape index (κ2) is 9.75. The van der Waals surface area contributed by atoms with Crippen LogP contribution in [0.4, 0.5) is 5.69 Å². The van der Waals surface area contributed by atoms with Gasteiger partial charge in [-0.25, -0.2) is 0 Å². The fraction of sp³-hybridized carbons (Fsp3) is 0.500. The van der Waals surface area contributed by atoms with Crippen LogP contribution in [0.25, 0.3) is 0 Å². The minimum atomic E-state index is 0. The molecule has 2 heterocycles. The smallest absolute Gasteiger partial charge is 0.191 e. The standard InChI is InChI=1S/C18H27N7.HI/c1-14-22-23-17(24(14)3)13-20-18(19-2)21-15-9-11-25(12-10-15)16-7-5-4-6-8-16;/h4-8,15H,9-13H2,1-3H3,(H2,19,20,21);1H. The Kier molecular flexibility index (Phi) is 7.67. The summed E-state index contributed by atoms with van der Waals surface area (Å²) in [7, 11) is 3.78. The largest absolute Gasteiger partial charge is 0.371 e. The molecule has 8 heteroatoms. The van der Waals surface area contributed by atoms with Crippen molar-refractivity contribution in [1.29, 1.82) is 0 Å². The van der Waals surface area contributed by atoms with E-state index in [2.05, 4.69) is 61.1 Å². The Morgan fingerprint density at radius 2 is 1.88 bits per heavy atom. The summed E-state index contributed by atoms with van der Waals surface area (Å²) in [5.41, 5.74) is 1.31. The monoisotopic (exact) mass is 469 g/mol. The number of rotatable bonds is 4. The maximum Gasteiger partial charge on any atom is 0.191 e. The van der Waals surface area contributed by atoms with Gasteiger partial charge in [-0.2, -0.15) is 0 Å². The van der Waals surface area contributed by atoms with Crippen molar-refractivity contribution in [1.82, 2.24) is 25.4 Å². The quantitative estimate of drug-likeness (QED) is 0.408. The van der Waals surface area contributed by atoms with E-state index in [1.54, 1.807) is 7.05 Å². The van der Waals surface area contributed by atoms with E-state index in [-0.39, 0.29) is 24.0 Å². The maximum atomic E-state index is 4.33. The van der Waals surface area contributed by atoms with Crippen LogP contribution < -0.4 is 15.5 Å². The predicted octanol–water partition coefficient (Wildman–Crippen LogP) is 2.08. The number of benzene rings is 1. The molecule has 2 N–H and O–H groups in total. The molecule has 0 bridgehead atoms. The lowest BCUT2D eigenvalue weighted by molar-refractivity contribution is 0.461. The molecule has 0 aliphatic carbocycles. The Morgan fingerprint density at radius 1 is 1.19 bits per heavy atom. The van der Waals surface area contributed by atoms with Gasteiger partial charge in [-0.1, -0.05) is 18.2 Å². The molecule has 0 radical (unpaired) electrons. The highest BCUT2D eigenvalue weighted by molar-refractivity contribution is 14.0. The van der Waals surface area contributed by atoms with E-state index in [0.717, 1.165) is 43.5 Å². The molecular weight excluding hydrogens is 441 g/mol. The Morgan fingerprint density at radius 3 is 2.46 bits per heavy atom. The average molecular weight is 469 g/mol. The van der Waals surface area contributed by atoms with E-state index in [9.17, 15) is 0 Å². The van der Waals surface area contributed by atoms with Crippen LogP contribution in [0.5, 0.6) is 0 Å². The number of para-hydroxylation sites is 1. The lowest BCUT2D eigenvalue weighted by Crippen LogP contribution is -2.48. The van der Waals surface area contributed by atoms with Crippen LogP contribution in [0.3, 0.4) is 0 Å². The third kappa shape index (κ3) is 5.09. The van der Waals surface area contributed by atoms with Gasteiger partial charge in [-0.05, 0) is 31.9 Å². The number of guanidine groups is 1. The van der Waals surface area contributed by atoms with Crippen LogP contribution in [0, 0.1) is 6.92 Å². The molecule has 1 fully saturated rings. The number of aliphatic imine (C=N–C) groups is 1. The number of piperidine rings is 1. The molecule has 0 spiro atoms. The van der Waals surface area contributed by atoms with Gasteiger partial charge in [0.05, 0.1) is 6.54 Å². The Bertz CT molecular complexity index is 706. The zero-order valence-electron chi connectivity index (χ0n) is 15.6. The maximum absolute atomic E-state index is 4.33. The van der Waals surface area contributed by atoms with Gasteiger partial charge in [-0.15, -0.1) is 34.2 Å². The van der Waals surface area contributed by atoms with Crippen molar-refractivity contribution in [2.45, 2.75) is 32.4 Å². The van der Waals surface area contributed by atoms with Crippen LogP contribution in [0.2, 0.25) is 0 Å². The van der Waals surface area contributed by atoms with Gasteiger partial charge in [0.2, 0.25) is 0 Å². The number of hydrogen-bond donors (Lipinski definition) is 2. The predicted molar refractivity (Wildman–Crippen MR) is 116 cm³/mol. The second-order valence-corrected chi connectivity index (χ2v) is 6.39. The fourth-order valence-corrected chi connectivity index (χ4v) is 3.08. The van der Waals surface area contributed by atoms with Crippen molar-refractivity contribution in [2.75, 3.05) is 25.0 Å². The third-order valence-corrected chi connectivity index (χ3v) is 4.78. The molecular formula is C18H28IN7. The molecule has 0 saturated carbocycles. The van der Waals surface area contributed by atoms with E-state index < -0.39 is 0 Å². The Balaban J connectivity index is 0.00000243. The van der Waals surface area contributed by atoms with Crippen molar-refractivity contribution in [2.24, 2.45) is 12.0 Å². The summed E-state index contributed by atoms with van der Waals surface area (Å²) in [6, 6.07) is 11.0. The second-order valence-electron chi connectivity index (χ2n) is 6.39. The van der Waals surface area contributed by atoms with Crippen LogP contribution in [0.15, 0.2) is 35.3 Å². The SMILES string of the molecule is CN=C(NCc1nnc(C)n1C)NC1CCN(c2ccccc2)CC1.I. The highest BCUT2D eigenvalue weighted by atomic mass is 127. The number of aromatic nitrogens is 3. The normalized spacial score (nSPS) is 15.5. The highest BCUT2D eigenvalue weighted by Crippen LogP contribution is 2.19. The average Bonchev–Trinajstić information content (AvgIpc) is 2.98. The van der Waals surface area contributed by atoms with E-state index in [0.29, 0.717) is 12.6 Å². The number of halogens is 1. The van der Waals surface area contributed by atoms with Crippen LogP contribution in [0.1, 0.15) is 24.5 Å². The molecule has 1 saturated heterocycles. The van der Waals surface area contributed by atoms with Crippen LogP contribution in [-0.2, 0) is 13.6 Å². The molecule has 0 atom stereocenters. The van der Waals surface area contributed by atoms with Gasteiger partial charge in [0.15, 0.2) is 11.8 Å². The van der Waals surface area contributed by atoms with E-state index in [1.807, 2.05) is 18.5 Å². The first-order chi connectivity index (χ1) is 12.2. The van der Waals surface area contributed by atoms with Gasteiger partial charge in [0.25, 0.3) is 0 Å². The number of aryl methyl sites for hydroxylation is 1. The van der Waals surface area contributed by atoms with Gasteiger partial charge >= 0.3 is 0 Å². The van der Waals surface area contributed by atoms with E-state index in [1.165, 1.54) is 5.69 Å². The minimum Gasteiger partial charge on any atom is -0.371 e. The van der Waals surface area contributed by atoms with Crippen molar-refractivity contribution < 1.29 is 0 Å². The lowest BCUT2D eigenvalue weighted by atomic mass is 10.0. The van der Waals surface area contributed by atoms with Crippen molar-refractivity contribution >= 4 is 35.6 Å². The molecule has 0 unspecified atom stereocenters. The van der Waals surface area contributed by atoms with Crippen LogP contribution in [-0.4, -0.2) is 46.9 Å². The molecule has 1 aliphatic heterocycles. The lowest BCUT2D eigenvalue weighted by Gasteiger charge is -2.34. The molecule has 7 nitrogen and oxygen atoms in total. The van der Waals surface area contributed by atoms with Gasteiger partial charge in [0, 0.05) is 38.9 Å². The van der Waals surface area contributed by atoms with Crippen molar-refractivity contribution in [3.8, 4) is 0 Å². The molecule has 26 heavy (non-hydrogen) atoms. The summed E-state index contributed by atoms with van der Waals surface area (Å²) in [6.45, 7) is 4.67. The summed E-state index contributed by atoms with van der Waals surface area (Å²) in [5.74, 6) is 2.63. The third-order valence-electron chi connectivity index (χ3n) is 4.78. The molecule has 2 aromatic rings. The summed E-state index contributed by atoms with van der Waals surface area (Å²) in [6.07, 6.45) is 2.19. The summed E-state index contributed by atoms with van der Waals surface area (Å²) < 4.78 is 1.98. The zero-order valence-corrected chi connectivity index (χ0v) is 18.0. The molecule has 1 aromatic carbocycles. The highest BCUT2D eigenvalue weighted by Gasteiger charge is 2.20. The fourth-order valence-electron chi connectivity index (χ4n) is 3.08. The zero-order chi connectivity index (χ0) is 17.6. The van der Waals surface area contributed by atoms with Crippen molar-refractivity contribution in [3.63, 3.8) is 0 Å². The molecule has 142 valence electrons. The number of nitrogens with zero attached hydrogens (tertiary/aromatic N) is 5. The van der Waals surface area contributed by atoms with E-state index in [4.69, 9.17) is 0 Å². The summed E-state index contributed by atoms with van der Waals surface area (Å²) >= 11 is 0. The van der Waals surface area contributed by atoms with Crippen LogP contribution >= 0.6 is 24.0 Å². The Hall–Kier alpha value is -1.84. The summed E-state index contributed by atoms with van der Waals surface area (Å²) in [5, 5.41) is 15.1. The topological polar surface area (TPSA) is 70.4 Å². The van der Waals surface area contributed by atoms with Gasteiger partial charge in [-0.3, -0.25) is 4.99 Å².